The van der Waals surface area contributed by atoms with Crippen LogP contribution in [0.5, 0.6) is 0 Å². The molecule has 70 valence electrons. The topological polar surface area (TPSA) is 0 Å². The molecule has 0 atom stereocenters. The first-order chi connectivity index (χ1) is 4.24. The van der Waals surface area contributed by atoms with Gasteiger partial charge in [0.05, 0.1) is 26.2 Å². The van der Waals surface area contributed by atoms with Gasteiger partial charge in [0.25, 0.3) is 0 Å². The SMILES string of the molecule is CC[N+](CC)(CC)CC.[Br-].[Mo]. The van der Waals surface area contributed by atoms with E-state index in [0.717, 1.165) is 0 Å². The summed E-state index contributed by atoms with van der Waals surface area (Å²) in [4.78, 5) is 0. The van der Waals surface area contributed by atoms with E-state index in [1.165, 1.54) is 30.7 Å². The van der Waals surface area contributed by atoms with Crippen molar-refractivity contribution in [2.45, 2.75) is 27.7 Å². The fourth-order valence-electron chi connectivity index (χ4n) is 1.34. The van der Waals surface area contributed by atoms with E-state index in [2.05, 4.69) is 27.7 Å². The summed E-state index contributed by atoms with van der Waals surface area (Å²) in [6.07, 6.45) is 0. The van der Waals surface area contributed by atoms with Crippen molar-refractivity contribution in [3.8, 4) is 0 Å². The summed E-state index contributed by atoms with van der Waals surface area (Å²) in [7, 11) is 0. The predicted molar refractivity (Wildman–Crippen MR) is 42.4 cm³/mol. The average Bonchev–Trinajstić information content (AvgIpc) is 1.95. The van der Waals surface area contributed by atoms with Crippen LogP contribution in [0.25, 0.3) is 0 Å². The van der Waals surface area contributed by atoms with Gasteiger partial charge in [0.1, 0.15) is 0 Å². The van der Waals surface area contributed by atoms with Crippen LogP contribution in [0, 0.1) is 0 Å². The molecule has 0 N–H and O–H groups in total. The molecule has 0 aromatic carbocycles. The summed E-state index contributed by atoms with van der Waals surface area (Å²) in [5.41, 5.74) is 0. The Kier molecular flexibility index (Phi) is 15.1. The van der Waals surface area contributed by atoms with Crippen molar-refractivity contribution in [2.75, 3.05) is 26.2 Å². The van der Waals surface area contributed by atoms with Crippen molar-refractivity contribution >= 4 is 0 Å². The first kappa shape index (κ1) is 18.0. The molecule has 0 aliphatic heterocycles. The van der Waals surface area contributed by atoms with Gasteiger partial charge in [-0.2, -0.15) is 0 Å². The number of hydrogen-bond donors (Lipinski definition) is 0. The van der Waals surface area contributed by atoms with Crippen LogP contribution < -0.4 is 17.0 Å². The Morgan fingerprint density at radius 3 is 0.909 bits per heavy atom. The Balaban J connectivity index is -0.000000320. The minimum absolute atomic E-state index is 0. The van der Waals surface area contributed by atoms with Crippen molar-refractivity contribution in [1.82, 2.24) is 0 Å². The van der Waals surface area contributed by atoms with E-state index in [4.69, 9.17) is 0 Å². The maximum Gasteiger partial charge on any atom is 0.0757 e. The molecule has 1 nitrogen and oxygen atoms in total. The Bertz CT molecular complexity index is 57.0. The van der Waals surface area contributed by atoms with Gasteiger partial charge >= 0.3 is 0 Å². The normalized spacial score (nSPS) is 9.82. The summed E-state index contributed by atoms with van der Waals surface area (Å²) in [5.74, 6) is 0. The van der Waals surface area contributed by atoms with Crippen LogP contribution in [-0.2, 0) is 21.1 Å². The molecule has 3 heteroatoms. The molecule has 0 spiro atoms. The summed E-state index contributed by atoms with van der Waals surface area (Å²) in [6.45, 7) is 14.2. The molecule has 0 amide bonds. The molecule has 0 aromatic heterocycles. The van der Waals surface area contributed by atoms with Gasteiger partial charge in [-0.25, -0.2) is 0 Å². The quantitative estimate of drug-likeness (QED) is 0.456. The summed E-state index contributed by atoms with van der Waals surface area (Å²) >= 11 is 0. The molecule has 0 saturated heterocycles. The number of halogens is 1. The molecule has 0 radical (unpaired) electrons. The predicted octanol–water partition coefficient (Wildman–Crippen LogP) is -1.12. The Hall–Kier alpha value is 1.13. The van der Waals surface area contributed by atoms with Crippen LogP contribution >= 0.6 is 0 Å². The molecule has 0 unspecified atom stereocenters. The zero-order chi connectivity index (χ0) is 7.33. The van der Waals surface area contributed by atoms with Gasteiger partial charge in [-0.1, -0.05) is 0 Å². The van der Waals surface area contributed by atoms with Crippen molar-refractivity contribution in [3.05, 3.63) is 0 Å². The Labute approximate surface area is 96.2 Å². The molecule has 0 aliphatic carbocycles. The van der Waals surface area contributed by atoms with Crippen molar-refractivity contribution in [2.24, 2.45) is 0 Å². The van der Waals surface area contributed by atoms with E-state index < -0.39 is 0 Å². The third-order valence-electron chi connectivity index (χ3n) is 2.68. The molecule has 0 heterocycles. The van der Waals surface area contributed by atoms with Gasteiger partial charge in [0.15, 0.2) is 0 Å². The van der Waals surface area contributed by atoms with Crippen LogP contribution in [-0.4, -0.2) is 30.7 Å². The van der Waals surface area contributed by atoms with E-state index in [-0.39, 0.29) is 38.0 Å². The van der Waals surface area contributed by atoms with Gasteiger partial charge in [0, 0.05) is 21.1 Å². The van der Waals surface area contributed by atoms with Crippen LogP contribution in [0.15, 0.2) is 0 Å². The number of hydrogen-bond acceptors (Lipinski definition) is 0. The van der Waals surface area contributed by atoms with Crippen molar-refractivity contribution < 1.29 is 42.5 Å². The molecule has 0 aromatic rings. The van der Waals surface area contributed by atoms with Crippen LogP contribution in [0.4, 0.5) is 0 Å². The van der Waals surface area contributed by atoms with E-state index in [1.807, 2.05) is 0 Å². The molecule has 0 saturated carbocycles. The smallest absolute Gasteiger partial charge is 0.0757 e. The standard InChI is InChI=1S/C8H20N.BrH.Mo/c1-5-9(6-2,7-3)8-4;;/h5-8H2,1-4H3;1H;/q+1;;/p-1. The maximum atomic E-state index is 2.27. The van der Waals surface area contributed by atoms with Gasteiger partial charge in [-0.3, -0.25) is 0 Å². The van der Waals surface area contributed by atoms with E-state index in [9.17, 15) is 0 Å². The molecule has 0 aliphatic rings. The minimum atomic E-state index is 0. The second-order valence-electron chi connectivity index (χ2n) is 2.61. The van der Waals surface area contributed by atoms with Gasteiger partial charge in [0.2, 0.25) is 0 Å². The number of rotatable bonds is 4. The third kappa shape index (κ3) is 5.38. The molecule has 0 bridgehead atoms. The monoisotopic (exact) mass is 307 g/mol. The summed E-state index contributed by atoms with van der Waals surface area (Å²) < 4.78 is 1.28. The summed E-state index contributed by atoms with van der Waals surface area (Å²) in [5, 5.41) is 0. The van der Waals surface area contributed by atoms with Crippen molar-refractivity contribution in [1.29, 1.82) is 0 Å². The van der Waals surface area contributed by atoms with Crippen LogP contribution in [0.1, 0.15) is 27.7 Å². The fourth-order valence-corrected chi connectivity index (χ4v) is 1.34. The van der Waals surface area contributed by atoms with Crippen LogP contribution in [0.3, 0.4) is 0 Å². The average molecular weight is 306 g/mol. The third-order valence-corrected chi connectivity index (χ3v) is 2.68. The summed E-state index contributed by atoms with van der Waals surface area (Å²) in [6, 6.07) is 0. The first-order valence-corrected chi connectivity index (χ1v) is 4.09. The zero-order valence-corrected chi connectivity index (χ0v) is 11.7. The Morgan fingerprint density at radius 1 is 0.727 bits per heavy atom. The van der Waals surface area contributed by atoms with Crippen LogP contribution in [0.2, 0.25) is 0 Å². The largest absolute Gasteiger partial charge is 1.00 e. The van der Waals surface area contributed by atoms with Gasteiger partial charge in [-0.05, 0) is 27.7 Å². The molecule has 0 fully saturated rings. The molecular formula is C8H20BrMoN. The fraction of sp³-hybridized carbons (Fsp3) is 1.00. The second kappa shape index (κ2) is 9.22. The second-order valence-corrected chi connectivity index (χ2v) is 2.61. The van der Waals surface area contributed by atoms with E-state index in [0.29, 0.717) is 0 Å². The van der Waals surface area contributed by atoms with Crippen molar-refractivity contribution in [3.63, 3.8) is 0 Å². The zero-order valence-electron chi connectivity index (χ0n) is 8.06. The Morgan fingerprint density at radius 2 is 0.909 bits per heavy atom. The van der Waals surface area contributed by atoms with E-state index >= 15 is 0 Å². The maximum absolute atomic E-state index is 2.27. The first-order valence-electron chi connectivity index (χ1n) is 4.09. The number of quaternary nitrogens is 1. The van der Waals surface area contributed by atoms with Gasteiger partial charge in [-0.15, -0.1) is 0 Å². The molecular weight excluding hydrogens is 286 g/mol. The minimum Gasteiger partial charge on any atom is -1.00 e. The molecule has 0 rings (SSSR count). The number of nitrogens with zero attached hydrogens (tertiary/aromatic N) is 1. The van der Waals surface area contributed by atoms with Gasteiger partial charge < -0.3 is 21.5 Å². The van der Waals surface area contributed by atoms with E-state index in [1.54, 1.807) is 0 Å². The molecule has 11 heavy (non-hydrogen) atoms.